The molecule has 1 aromatic rings. The maximum atomic E-state index is 11.3. The van der Waals surface area contributed by atoms with Crippen molar-refractivity contribution in [3.63, 3.8) is 0 Å². The molecule has 0 unspecified atom stereocenters. The van der Waals surface area contributed by atoms with E-state index in [4.69, 9.17) is 12.2 Å². The lowest BCUT2D eigenvalue weighted by atomic mass is 10.4. The van der Waals surface area contributed by atoms with Gasteiger partial charge in [0.2, 0.25) is 5.91 Å². The minimum Gasteiger partial charge on any atom is -0.308 e. The minimum atomic E-state index is 0.0130. The Balaban J connectivity index is 1.81. The van der Waals surface area contributed by atoms with Crippen LogP contribution in [0.15, 0.2) is 11.6 Å². The quantitative estimate of drug-likeness (QED) is 0.749. The lowest BCUT2D eigenvalue weighted by Gasteiger charge is -2.05. The van der Waals surface area contributed by atoms with Crippen LogP contribution < -0.4 is 10.6 Å². The second kappa shape index (κ2) is 4.02. The summed E-state index contributed by atoms with van der Waals surface area (Å²) in [6.07, 6.45) is 3.63. The molecular weight excluding hydrogens is 218 g/mol. The Morgan fingerprint density at radius 3 is 3.00 bits per heavy atom. The molecule has 1 aromatic heterocycles. The van der Waals surface area contributed by atoms with Gasteiger partial charge in [0.1, 0.15) is 0 Å². The molecule has 0 saturated heterocycles. The van der Waals surface area contributed by atoms with Crippen molar-refractivity contribution in [3.05, 3.63) is 11.6 Å². The lowest BCUT2D eigenvalue weighted by molar-refractivity contribution is -0.120. The molecule has 1 amide bonds. The van der Waals surface area contributed by atoms with E-state index in [9.17, 15) is 4.79 Å². The zero-order valence-corrected chi connectivity index (χ0v) is 8.95. The summed E-state index contributed by atoms with van der Waals surface area (Å²) >= 11 is 6.39. The lowest BCUT2D eigenvalue weighted by Crippen LogP contribution is -2.35. The van der Waals surface area contributed by atoms with Crippen molar-refractivity contribution >= 4 is 39.7 Å². The van der Waals surface area contributed by atoms with Gasteiger partial charge in [0.15, 0.2) is 10.2 Å². The third kappa shape index (κ3) is 2.49. The highest BCUT2D eigenvalue weighted by molar-refractivity contribution is 7.80. The predicted octanol–water partition coefficient (Wildman–Crippen LogP) is 1.37. The summed E-state index contributed by atoms with van der Waals surface area (Å²) in [4.78, 5) is 15.3. The van der Waals surface area contributed by atoms with Crippen molar-refractivity contribution < 1.29 is 4.79 Å². The monoisotopic (exact) mass is 227 g/mol. The number of rotatable bonds is 2. The van der Waals surface area contributed by atoms with Crippen molar-refractivity contribution in [2.45, 2.75) is 12.8 Å². The van der Waals surface area contributed by atoms with Crippen molar-refractivity contribution in [1.82, 2.24) is 10.3 Å². The van der Waals surface area contributed by atoms with E-state index in [0.717, 1.165) is 12.8 Å². The fraction of sp³-hybridized carbons (Fsp3) is 0.375. The fourth-order valence-electron chi connectivity index (χ4n) is 0.973. The van der Waals surface area contributed by atoms with E-state index < -0.39 is 0 Å². The molecule has 0 aliphatic heterocycles. The van der Waals surface area contributed by atoms with Gasteiger partial charge in [0, 0.05) is 17.5 Å². The highest BCUT2D eigenvalue weighted by Gasteiger charge is 2.30. The van der Waals surface area contributed by atoms with Gasteiger partial charge in [-0.2, -0.15) is 0 Å². The first-order chi connectivity index (χ1) is 6.75. The second-order valence-electron chi connectivity index (χ2n) is 3.05. The van der Waals surface area contributed by atoms with Crippen LogP contribution in [0.5, 0.6) is 0 Å². The van der Waals surface area contributed by atoms with Crippen LogP contribution in [0.2, 0.25) is 0 Å². The number of amides is 1. The summed E-state index contributed by atoms with van der Waals surface area (Å²) < 4.78 is 0. The number of hydrogen-bond acceptors (Lipinski definition) is 4. The van der Waals surface area contributed by atoms with Crippen LogP contribution in [0.3, 0.4) is 0 Å². The van der Waals surface area contributed by atoms with Crippen molar-refractivity contribution in [3.8, 4) is 0 Å². The van der Waals surface area contributed by atoms with E-state index in [2.05, 4.69) is 15.6 Å². The molecular formula is C8H9N3OS2. The van der Waals surface area contributed by atoms with E-state index in [-0.39, 0.29) is 11.8 Å². The molecule has 0 aromatic carbocycles. The molecule has 1 saturated carbocycles. The van der Waals surface area contributed by atoms with Crippen LogP contribution in [0, 0.1) is 5.92 Å². The molecule has 4 nitrogen and oxygen atoms in total. The largest absolute Gasteiger partial charge is 0.308 e. The van der Waals surface area contributed by atoms with Gasteiger partial charge in [0.05, 0.1) is 0 Å². The molecule has 0 radical (unpaired) electrons. The smallest absolute Gasteiger partial charge is 0.229 e. The topological polar surface area (TPSA) is 54.0 Å². The molecule has 0 bridgehead atoms. The van der Waals surface area contributed by atoms with E-state index in [1.807, 2.05) is 5.38 Å². The number of anilines is 1. The average molecular weight is 227 g/mol. The molecule has 1 heterocycles. The molecule has 1 aliphatic carbocycles. The molecule has 74 valence electrons. The number of hydrogen-bond donors (Lipinski definition) is 2. The summed E-state index contributed by atoms with van der Waals surface area (Å²) in [5.41, 5.74) is 0. The van der Waals surface area contributed by atoms with E-state index >= 15 is 0 Å². The summed E-state index contributed by atoms with van der Waals surface area (Å²) in [5, 5.41) is 8.34. The summed E-state index contributed by atoms with van der Waals surface area (Å²) in [6, 6.07) is 0. The normalized spacial score (nSPS) is 14.9. The minimum absolute atomic E-state index is 0.0130. The van der Waals surface area contributed by atoms with Crippen LogP contribution in [0.1, 0.15) is 12.8 Å². The first kappa shape index (κ1) is 9.54. The third-order valence-electron chi connectivity index (χ3n) is 1.84. The highest BCUT2D eigenvalue weighted by atomic mass is 32.1. The standard InChI is InChI=1S/C8H9N3OS2/c12-6(5-1-2-5)10-7(13)11-8-9-3-4-14-8/h3-5H,1-2H2,(H2,9,10,11,12,13). The number of aromatic nitrogens is 1. The van der Waals surface area contributed by atoms with Crippen molar-refractivity contribution in [2.24, 2.45) is 5.92 Å². The Morgan fingerprint density at radius 1 is 1.64 bits per heavy atom. The Kier molecular flexibility index (Phi) is 2.74. The molecule has 2 rings (SSSR count). The molecule has 0 atom stereocenters. The van der Waals surface area contributed by atoms with E-state index in [1.54, 1.807) is 6.20 Å². The van der Waals surface area contributed by atoms with Crippen LogP contribution in [-0.2, 0) is 4.79 Å². The SMILES string of the molecule is O=C(NC(=S)Nc1nccs1)C1CC1. The van der Waals surface area contributed by atoms with Gasteiger partial charge in [0.25, 0.3) is 0 Å². The molecule has 0 spiro atoms. The fourth-order valence-corrected chi connectivity index (χ4v) is 1.77. The second-order valence-corrected chi connectivity index (χ2v) is 4.36. The van der Waals surface area contributed by atoms with Crippen LogP contribution in [0.4, 0.5) is 5.13 Å². The molecule has 2 N–H and O–H groups in total. The first-order valence-corrected chi connectivity index (χ1v) is 5.56. The van der Waals surface area contributed by atoms with Crippen molar-refractivity contribution in [1.29, 1.82) is 0 Å². The molecule has 6 heteroatoms. The first-order valence-electron chi connectivity index (χ1n) is 4.27. The zero-order chi connectivity index (χ0) is 9.97. The Bertz CT molecular complexity index is 345. The maximum Gasteiger partial charge on any atom is 0.229 e. The summed E-state index contributed by atoms with van der Waals surface area (Å²) in [6.45, 7) is 0. The van der Waals surface area contributed by atoms with Gasteiger partial charge < -0.3 is 10.6 Å². The molecule has 1 aliphatic rings. The number of thiocarbonyl (C=S) groups is 1. The Morgan fingerprint density at radius 2 is 2.43 bits per heavy atom. The summed E-state index contributed by atoms with van der Waals surface area (Å²) in [5.74, 6) is 0.185. The van der Waals surface area contributed by atoms with Gasteiger partial charge in [-0.15, -0.1) is 11.3 Å². The zero-order valence-electron chi connectivity index (χ0n) is 7.32. The van der Waals surface area contributed by atoms with Gasteiger partial charge in [-0.25, -0.2) is 4.98 Å². The summed E-state index contributed by atoms with van der Waals surface area (Å²) in [7, 11) is 0. The Labute approximate surface area is 90.7 Å². The Hall–Kier alpha value is -1.01. The number of carbonyl (C=O) groups excluding carboxylic acids is 1. The van der Waals surface area contributed by atoms with E-state index in [1.165, 1.54) is 11.3 Å². The van der Waals surface area contributed by atoms with E-state index in [0.29, 0.717) is 10.2 Å². The van der Waals surface area contributed by atoms with Gasteiger partial charge in [-0.3, -0.25) is 4.79 Å². The van der Waals surface area contributed by atoms with Crippen LogP contribution in [0.25, 0.3) is 0 Å². The molecule has 1 fully saturated rings. The molecule has 14 heavy (non-hydrogen) atoms. The number of thiazole rings is 1. The van der Waals surface area contributed by atoms with Gasteiger partial charge in [-0.05, 0) is 25.1 Å². The predicted molar refractivity (Wildman–Crippen MR) is 59.2 cm³/mol. The van der Waals surface area contributed by atoms with Crippen molar-refractivity contribution in [2.75, 3.05) is 5.32 Å². The third-order valence-corrected chi connectivity index (χ3v) is 2.73. The van der Waals surface area contributed by atoms with Gasteiger partial charge in [-0.1, -0.05) is 0 Å². The number of nitrogens with one attached hydrogen (secondary N) is 2. The highest BCUT2D eigenvalue weighted by Crippen LogP contribution is 2.28. The number of carbonyl (C=O) groups is 1. The van der Waals surface area contributed by atoms with Crippen LogP contribution >= 0.6 is 23.6 Å². The van der Waals surface area contributed by atoms with Crippen LogP contribution in [-0.4, -0.2) is 16.0 Å². The number of nitrogens with zero attached hydrogens (tertiary/aromatic N) is 1. The van der Waals surface area contributed by atoms with Gasteiger partial charge >= 0.3 is 0 Å². The maximum absolute atomic E-state index is 11.3. The average Bonchev–Trinajstić information content (AvgIpc) is 2.87.